The summed E-state index contributed by atoms with van der Waals surface area (Å²) in [5.74, 6) is -4.83. The number of halogens is 4. The minimum atomic E-state index is -1.63. The van der Waals surface area contributed by atoms with Gasteiger partial charge >= 0.3 is 5.97 Å². The van der Waals surface area contributed by atoms with Crippen LogP contribution in [0.5, 0.6) is 0 Å². The van der Waals surface area contributed by atoms with Crippen LogP contribution in [0.25, 0.3) is 0 Å². The van der Waals surface area contributed by atoms with Gasteiger partial charge in [0.15, 0.2) is 28.3 Å². The number of esters is 1. The van der Waals surface area contributed by atoms with Crippen LogP contribution in [0.4, 0.5) is 13.2 Å². The molecule has 1 unspecified atom stereocenters. The average molecular weight is 446 g/mol. The van der Waals surface area contributed by atoms with E-state index in [1.165, 1.54) is 18.4 Å². The number of rotatable bonds is 4. The summed E-state index contributed by atoms with van der Waals surface area (Å²) < 4.78 is 46.2. The molecule has 0 saturated heterocycles. The van der Waals surface area contributed by atoms with Crippen LogP contribution in [0.15, 0.2) is 40.0 Å². The first-order chi connectivity index (χ1) is 12.5. The smallest absolute Gasteiger partial charge is 0.338 e. The number of hydrogen-bond donors (Lipinski definition) is 1. The van der Waals surface area contributed by atoms with Gasteiger partial charge in [-0.2, -0.15) is 0 Å². The molecule has 2 aromatic rings. The Morgan fingerprint density at radius 2 is 2.12 bits per heavy atom. The number of aromatic nitrogens is 1. The van der Waals surface area contributed by atoms with Gasteiger partial charge in [-0.15, -0.1) is 11.3 Å². The molecule has 0 fully saturated rings. The number of benzene rings is 1. The number of ether oxygens (including phenoxy) is 1. The maximum atomic E-state index is 14.4. The fraction of sp³-hybridized carbons (Fsp3) is 0.188. The number of carbonyl (C=O) groups excluding carboxylic acids is 1. The van der Waals surface area contributed by atoms with E-state index in [9.17, 15) is 18.0 Å². The highest BCUT2D eigenvalue weighted by Gasteiger charge is 2.34. The Hall–Kier alpha value is -2.20. The molecule has 5 nitrogen and oxygen atoms in total. The van der Waals surface area contributed by atoms with Gasteiger partial charge in [0.25, 0.3) is 0 Å². The number of alkyl halides is 1. The van der Waals surface area contributed by atoms with Gasteiger partial charge < -0.3 is 10.1 Å². The average Bonchev–Trinajstić information content (AvgIpc) is 3.19. The third kappa shape index (κ3) is 3.26. The summed E-state index contributed by atoms with van der Waals surface area (Å²) in [6.45, 7) is 0. The summed E-state index contributed by atoms with van der Waals surface area (Å²) in [5, 5.41) is 5.38. The van der Waals surface area contributed by atoms with Crippen LogP contribution < -0.4 is 5.32 Å². The predicted octanol–water partition coefficient (Wildman–Crippen LogP) is 3.47. The summed E-state index contributed by atoms with van der Waals surface area (Å²) >= 11 is 4.53. The third-order valence-corrected chi connectivity index (χ3v) is 5.00. The Balaban J connectivity index is 2.21. The first-order valence-electron chi connectivity index (χ1n) is 7.23. The Kier molecular flexibility index (Phi) is 5.42. The molecule has 2 heterocycles. The molecule has 0 amide bonds. The fourth-order valence-corrected chi connectivity index (χ4v) is 3.51. The zero-order valence-electron chi connectivity index (χ0n) is 13.2. The van der Waals surface area contributed by atoms with E-state index in [-0.39, 0.29) is 22.3 Å². The number of carbonyl (C=O) groups is 1. The van der Waals surface area contributed by atoms with E-state index in [4.69, 9.17) is 4.74 Å². The Morgan fingerprint density at radius 3 is 2.73 bits per heavy atom. The molecule has 1 atom stereocenters. The minimum absolute atomic E-state index is 0.00501. The third-order valence-electron chi connectivity index (χ3n) is 3.66. The second kappa shape index (κ2) is 7.58. The number of aliphatic imine (C=N–C) groups is 1. The Morgan fingerprint density at radius 1 is 1.35 bits per heavy atom. The molecular weight excluding hydrogens is 435 g/mol. The van der Waals surface area contributed by atoms with E-state index >= 15 is 0 Å². The number of hydrogen-bond acceptors (Lipinski definition) is 6. The van der Waals surface area contributed by atoms with Gasteiger partial charge in [0.2, 0.25) is 0 Å². The minimum Gasteiger partial charge on any atom is -0.466 e. The molecule has 0 bridgehead atoms. The lowest BCUT2D eigenvalue weighted by Crippen LogP contribution is -2.34. The van der Waals surface area contributed by atoms with E-state index in [2.05, 4.69) is 31.2 Å². The molecular formula is C16H11BrF3N3O2S. The lowest BCUT2D eigenvalue weighted by Gasteiger charge is -2.26. The molecule has 3 rings (SSSR count). The molecule has 1 aromatic carbocycles. The fourth-order valence-electron chi connectivity index (χ4n) is 2.48. The van der Waals surface area contributed by atoms with Crippen molar-refractivity contribution in [2.45, 2.75) is 6.04 Å². The summed E-state index contributed by atoms with van der Waals surface area (Å²) in [7, 11) is 1.17. The molecule has 0 radical (unpaired) electrons. The van der Waals surface area contributed by atoms with Crippen LogP contribution >= 0.6 is 27.3 Å². The highest BCUT2D eigenvalue weighted by molar-refractivity contribution is 9.09. The second-order valence-corrected chi connectivity index (χ2v) is 6.58. The predicted molar refractivity (Wildman–Crippen MR) is 93.7 cm³/mol. The zero-order valence-corrected chi connectivity index (χ0v) is 15.6. The van der Waals surface area contributed by atoms with Crippen LogP contribution in [0.2, 0.25) is 0 Å². The summed E-state index contributed by atoms with van der Waals surface area (Å²) in [4.78, 5) is 20.7. The van der Waals surface area contributed by atoms with Crippen molar-refractivity contribution in [1.29, 1.82) is 0 Å². The van der Waals surface area contributed by atoms with Gasteiger partial charge in [0, 0.05) is 28.2 Å². The lowest BCUT2D eigenvalue weighted by molar-refractivity contribution is -0.136. The molecule has 0 aliphatic carbocycles. The molecule has 1 aliphatic rings. The molecule has 136 valence electrons. The summed E-state index contributed by atoms with van der Waals surface area (Å²) in [5.41, 5.74) is 0.0825. The Bertz CT molecular complexity index is 916. The zero-order chi connectivity index (χ0) is 18.8. The van der Waals surface area contributed by atoms with Crippen LogP contribution in [0.1, 0.15) is 16.6 Å². The highest BCUT2D eigenvalue weighted by Crippen LogP contribution is 2.35. The van der Waals surface area contributed by atoms with Crippen molar-refractivity contribution < 1.29 is 22.7 Å². The second-order valence-electron chi connectivity index (χ2n) is 5.12. The highest BCUT2D eigenvalue weighted by atomic mass is 79.9. The van der Waals surface area contributed by atoms with Crippen LogP contribution in [0.3, 0.4) is 0 Å². The van der Waals surface area contributed by atoms with Crippen molar-refractivity contribution in [2.75, 3.05) is 12.4 Å². The van der Waals surface area contributed by atoms with Gasteiger partial charge in [-0.25, -0.2) is 22.9 Å². The quantitative estimate of drug-likeness (QED) is 0.444. The van der Waals surface area contributed by atoms with Gasteiger partial charge in [0.05, 0.1) is 12.7 Å². The van der Waals surface area contributed by atoms with E-state index in [1.54, 1.807) is 11.6 Å². The van der Waals surface area contributed by atoms with E-state index < -0.39 is 29.5 Å². The standard InChI is InChI=1S/C16H11BrF3N3O2S/c1-25-16(24)10-9(6-17)22-14(15-21-4-5-26-15)23-13(10)7-2-3-8(18)12(20)11(7)19/h2-5,13H,6H2,1H3,(H,22,23). The largest absolute Gasteiger partial charge is 0.466 e. The Labute approximate surface area is 158 Å². The van der Waals surface area contributed by atoms with Crippen molar-refractivity contribution in [3.05, 3.63) is 63.0 Å². The van der Waals surface area contributed by atoms with Crippen molar-refractivity contribution in [3.8, 4) is 0 Å². The van der Waals surface area contributed by atoms with Crippen LogP contribution in [-0.4, -0.2) is 29.2 Å². The van der Waals surface area contributed by atoms with Crippen LogP contribution in [0, 0.1) is 17.5 Å². The topological polar surface area (TPSA) is 63.6 Å². The summed E-state index contributed by atoms with van der Waals surface area (Å²) in [6.07, 6.45) is 1.56. The lowest BCUT2D eigenvalue weighted by atomic mass is 9.95. The maximum absolute atomic E-state index is 14.4. The van der Waals surface area contributed by atoms with Gasteiger partial charge in [-0.3, -0.25) is 4.99 Å². The molecule has 1 N–H and O–H groups in total. The van der Waals surface area contributed by atoms with E-state index in [1.807, 2.05) is 0 Å². The first-order valence-corrected chi connectivity index (χ1v) is 9.23. The number of thiazole rings is 1. The van der Waals surface area contributed by atoms with Crippen molar-refractivity contribution in [2.24, 2.45) is 4.99 Å². The molecule has 10 heteroatoms. The van der Waals surface area contributed by atoms with Crippen molar-refractivity contribution >= 4 is 39.1 Å². The number of nitrogens with zero attached hydrogens (tertiary/aromatic N) is 2. The molecule has 0 spiro atoms. The van der Waals surface area contributed by atoms with Gasteiger partial charge in [0.1, 0.15) is 6.04 Å². The maximum Gasteiger partial charge on any atom is 0.338 e. The number of amidine groups is 1. The number of allylic oxidation sites excluding steroid dienone is 1. The van der Waals surface area contributed by atoms with Crippen molar-refractivity contribution in [1.82, 2.24) is 10.3 Å². The first kappa shape index (κ1) is 18.6. The molecule has 0 saturated carbocycles. The van der Waals surface area contributed by atoms with E-state index in [0.717, 1.165) is 12.1 Å². The summed E-state index contributed by atoms with van der Waals surface area (Å²) in [6, 6.07) is 0.628. The van der Waals surface area contributed by atoms with Gasteiger partial charge in [-0.05, 0) is 6.07 Å². The van der Waals surface area contributed by atoms with Crippen molar-refractivity contribution in [3.63, 3.8) is 0 Å². The van der Waals surface area contributed by atoms with Crippen LogP contribution in [-0.2, 0) is 9.53 Å². The number of nitrogens with one attached hydrogen (secondary N) is 1. The molecule has 1 aliphatic heterocycles. The normalized spacial score (nSPS) is 17.0. The SMILES string of the molecule is COC(=O)C1=C(CBr)NC(c2nccs2)=NC1c1ccc(F)c(F)c1F. The van der Waals surface area contributed by atoms with E-state index in [0.29, 0.717) is 10.7 Å². The molecule has 1 aromatic heterocycles. The monoisotopic (exact) mass is 445 g/mol. The number of methoxy groups -OCH3 is 1. The van der Waals surface area contributed by atoms with Gasteiger partial charge in [-0.1, -0.05) is 22.0 Å². The molecule has 26 heavy (non-hydrogen) atoms.